The third kappa shape index (κ3) is 6.30. The number of fused-ring (bicyclic) bond motifs is 1. The van der Waals surface area contributed by atoms with Crippen molar-refractivity contribution in [1.82, 2.24) is 0 Å². The molecule has 0 saturated heterocycles. The van der Waals surface area contributed by atoms with Gasteiger partial charge in [0.25, 0.3) is 5.91 Å². The second-order valence-corrected chi connectivity index (χ2v) is 9.79. The fraction of sp³-hybridized carbons (Fsp3) is 0.161. The predicted octanol–water partition coefficient (Wildman–Crippen LogP) is 7.58. The number of carbonyl (C=O) groups excluding carboxylic acids is 1. The maximum Gasteiger partial charge on any atom is 0.266 e. The molecule has 0 atom stereocenters. The van der Waals surface area contributed by atoms with Gasteiger partial charge in [-0.15, -0.1) is 0 Å². The number of halogens is 1. The molecule has 0 aliphatic rings. The second kappa shape index (κ2) is 11.9. The molecule has 1 amide bonds. The highest BCUT2D eigenvalue weighted by atomic mass is 127. The number of rotatable bonds is 8. The van der Waals surface area contributed by atoms with Gasteiger partial charge in [0, 0.05) is 5.69 Å². The molecule has 0 saturated carbocycles. The minimum atomic E-state index is -0.460. The van der Waals surface area contributed by atoms with Gasteiger partial charge in [-0.3, -0.25) is 4.79 Å². The first-order valence-electron chi connectivity index (χ1n) is 12.0. The van der Waals surface area contributed by atoms with Crippen molar-refractivity contribution in [3.05, 3.63) is 104 Å². The normalized spacial score (nSPS) is 11.2. The number of hydrogen-bond donors (Lipinski definition) is 1. The third-order valence-electron chi connectivity index (χ3n) is 5.89. The van der Waals surface area contributed by atoms with E-state index in [0.29, 0.717) is 36.0 Å². The number of nitrogens with one attached hydrogen (secondary N) is 1. The topological polar surface area (TPSA) is 71.3 Å². The van der Waals surface area contributed by atoms with Crippen LogP contribution in [0.5, 0.6) is 11.5 Å². The summed E-state index contributed by atoms with van der Waals surface area (Å²) in [5.41, 5.74) is 4.48. The minimum absolute atomic E-state index is 0.00245. The summed E-state index contributed by atoms with van der Waals surface area (Å²) >= 11 is 2.20. The Morgan fingerprint density at radius 1 is 1.03 bits per heavy atom. The Labute approximate surface area is 230 Å². The van der Waals surface area contributed by atoms with E-state index in [1.54, 1.807) is 12.1 Å². The molecule has 4 aromatic rings. The highest BCUT2D eigenvalue weighted by molar-refractivity contribution is 14.1. The summed E-state index contributed by atoms with van der Waals surface area (Å²) in [4.78, 5) is 12.9. The molecule has 6 heteroatoms. The van der Waals surface area contributed by atoms with Crippen LogP contribution in [0.25, 0.3) is 16.8 Å². The van der Waals surface area contributed by atoms with Crippen LogP contribution in [0.2, 0.25) is 0 Å². The lowest BCUT2D eigenvalue weighted by Gasteiger charge is -2.16. The van der Waals surface area contributed by atoms with Gasteiger partial charge in [0.15, 0.2) is 11.5 Å². The van der Waals surface area contributed by atoms with Crippen LogP contribution in [0, 0.1) is 28.7 Å². The number of ether oxygens (including phenoxy) is 2. The van der Waals surface area contributed by atoms with E-state index >= 15 is 0 Å². The molecular weight excluding hydrogens is 575 g/mol. The van der Waals surface area contributed by atoms with Gasteiger partial charge < -0.3 is 14.8 Å². The Kier molecular flexibility index (Phi) is 8.47. The van der Waals surface area contributed by atoms with E-state index in [2.05, 4.69) is 52.2 Å². The van der Waals surface area contributed by atoms with Crippen LogP contribution in [0.3, 0.4) is 0 Å². The van der Waals surface area contributed by atoms with Crippen molar-refractivity contribution in [2.24, 2.45) is 0 Å². The van der Waals surface area contributed by atoms with E-state index in [1.807, 2.05) is 69.3 Å². The van der Waals surface area contributed by atoms with E-state index < -0.39 is 5.91 Å². The van der Waals surface area contributed by atoms with Crippen molar-refractivity contribution in [2.45, 2.75) is 27.4 Å². The molecule has 0 fully saturated rings. The zero-order chi connectivity index (χ0) is 26.4. The van der Waals surface area contributed by atoms with Gasteiger partial charge in [-0.25, -0.2) is 0 Å². The number of benzene rings is 4. The number of hydrogen-bond acceptors (Lipinski definition) is 4. The Morgan fingerprint density at radius 2 is 1.81 bits per heavy atom. The molecule has 0 aliphatic carbocycles. The Morgan fingerprint density at radius 3 is 2.57 bits per heavy atom. The van der Waals surface area contributed by atoms with E-state index in [9.17, 15) is 10.1 Å². The summed E-state index contributed by atoms with van der Waals surface area (Å²) < 4.78 is 13.0. The molecule has 186 valence electrons. The van der Waals surface area contributed by atoms with Gasteiger partial charge in [0.2, 0.25) is 0 Å². The Hall–Kier alpha value is -3.83. The largest absolute Gasteiger partial charge is 0.490 e. The minimum Gasteiger partial charge on any atom is -0.490 e. The molecule has 0 heterocycles. The summed E-state index contributed by atoms with van der Waals surface area (Å²) in [5, 5.41) is 14.8. The lowest BCUT2D eigenvalue weighted by molar-refractivity contribution is -0.112. The summed E-state index contributed by atoms with van der Waals surface area (Å²) in [7, 11) is 0. The van der Waals surface area contributed by atoms with Crippen LogP contribution in [0.15, 0.2) is 78.4 Å². The fourth-order valence-electron chi connectivity index (χ4n) is 4.10. The van der Waals surface area contributed by atoms with Gasteiger partial charge in [-0.1, -0.05) is 60.2 Å². The molecule has 0 spiro atoms. The molecule has 1 N–H and O–H groups in total. The van der Waals surface area contributed by atoms with Crippen molar-refractivity contribution in [3.63, 3.8) is 0 Å². The van der Waals surface area contributed by atoms with Gasteiger partial charge in [-0.2, -0.15) is 5.26 Å². The first-order chi connectivity index (χ1) is 17.9. The van der Waals surface area contributed by atoms with Crippen molar-refractivity contribution < 1.29 is 14.3 Å². The molecule has 0 radical (unpaired) electrons. The lowest BCUT2D eigenvalue weighted by atomic mass is 10.1. The van der Waals surface area contributed by atoms with Gasteiger partial charge >= 0.3 is 0 Å². The molecule has 37 heavy (non-hydrogen) atoms. The van der Waals surface area contributed by atoms with Crippen LogP contribution in [-0.4, -0.2) is 12.5 Å². The van der Waals surface area contributed by atoms with Crippen molar-refractivity contribution in [3.8, 4) is 17.6 Å². The van der Waals surface area contributed by atoms with E-state index in [-0.39, 0.29) is 5.57 Å². The molecule has 0 aliphatic heterocycles. The SMILES string of the molecule is CCOc1cc(/C=C(\C#N)C(=O)Nc2ccc(C)cc2C)cc(I)c1OCc1cccc2ccccc12. The second-order valence-electron chi connectivity index (χ2n) is 8.63. The number of nitrogens with zero attached hydrogens (tertiary/aromatic N) is 1. The van der Waals surface area contributed by atoms with Crippen LogP contribution in [0.4, 0.5) is 5.69 Å². The average Bonchev–Trinajstić information content (AvgIpc) is 2.88. The number of carbonyl (C=O) groups is 1. The lowest BCUT2D eigenvalue weighted by Crippen LogP contribution is -2.14. The first-order valence-corrected chi connectivity index (χ1v) is 13.0. The van der Waals surface area contributed by atoms with Crippen LogP contribution >= 0.6 is 22.6 Å². The zero-order valence-corrected chi connectivity index (χ0v) is 23.1. The first kappa shape index (κ1) is 26.2. The molecule has 0 unspecified atom stereocenters. The van der Waals surface area contributed by atoms with E-state index in [1.165, 1.54) is 0 Å². The molecular formula is C31H27IN2O3. The van der Waals surface area contributed by atoms with Crippen molar-refractivity contribution in [1.29, 1.82) is 5.26 Å². The predicted molar refractivity (Wildman–Crippen MR) is 157 cm³/mol. The van der Waals surface area contributed by atoms with Crippen molar-refractivity contribution >= 4 is 51.0 Å². The smallest absolute Gasteiger partial charge is 0.266 e. The highest BCUT2D eigenvalue weighted by Crippen LogP contribution is 2.36. The third-order valence-corrected chi connectivity index (χ3v) is 6.69. The zero-order valence-electron chi connectivity index (χ0n) is 21.0. The number of aryl methyl sites for hydroxylation is 2. The van der Waals surface area contributed by atoms with Crippen LogP contribution < -0.4 is 14.8 Å². The maximum atomic E-state index is 12.9. The van der Waals surface area contributed by atoms with Crippen LogP contribution in [-0.2, 0) is 11.4 Å². The Bertz CT molecular complexity index is 1530. The van der Waals surface area contributed by atoms with Gasteiger partial charge in [0.1, 0.15) is 18.2 Å². The van der Waals surface area contributed by atoms with Crippen LogP contribution in [0.1, 0.15) is 29.2 Å². The van der Waals surface area contributed by atoms with Gasteiger partial charge in [-0.05, 0) is 95.1 Å². The molecule has 4 rings (SSSR count). The summed E-state index contributed by atoms with van der Waals surface area (Å²) in [6.45, 7) is 6.65. The van der Waals surface area contributed by atoms with E-state index in [4.69, 9.17) is 9.47 Å². The van der Waals surface area contributed by atoms with E-state index in [0.717, 1.165) is 31.0 Å². The monoisotopic (exact) mass is 602 g/mol. The average molecular weight is 602 g/mol. The summed E-state index contributed by atoms with van der Waals surface area (Å²) in [6.07, 6.45) is 1.57. The number of anilines is 1. The maximum absolute atomic E-state index is 12.9. The number of nitriles is 1. The summed E-state index contributed by atoms with van der Waals surface area (Å²) in [5.74, 6) is 0.734. The number of amides is 1. The van der Waals surface area contributed by atoms with Crippen molar-refractivity contribution in [2.75, 3.05) is 11.9 Å². The quantitative estimate of drug-likeness (QED) is 0.128. The molecule has 0 aromatic heterocycles. The molecule has 5 nitrogen and oxygen atoms in total. The highest BCUT2D eigenvalue weighted by Gasteiger charge is 2.16. The molecule has 4 aromatic carbocycles. The Balaban J connectivity index is 1.60. The molecule has 0 bridgehead atoms. The summed E-state index contributed by atoms with van der Waals surface area (Å²) in [6, 6.07) is 25.8. The fourth-order valence-corrected chi connectivity index (χ4v) is 4.88. The van der Waals surface area contributed by atoms with Gasteiger partial charge in [0.05, 0.1) is 10.2 Å². The standard InChI is InChI=1S/C31H27IN2O3/c1-4-36-29-17-22(15-25(18-33)31(35)34-28-13-12-20(2)14-21(28)3)16-27(32)30(29)37-19-24-10-7-9-23-8-5-6-11-26(23)24/h5-17H,4,19H2,1-3H3,(H,34,35)/b25-15+.